The number of aliphatic hydroxyl groups excluding tert-OH is 1. The van der Waals surface area contributed by atoms with Gasteiger partial charge in [0, 0.05) is 32.2 Å². The zero-order valence-corrected chi connectivity index (χ0v) is 12.9. The van der Waals surface area contributed by atoms with Gasteiger partial charge in [0.15, 0.2) is 0 Å². The molecular weight excluding hydrogens is 282 g/mol. The highest BCUT2D eigenvalue weighted by atomic mass is 16.5. The predicted octanol–water partition coefficient (Wildman–Crippen LogP) is 0.553. The van der Waals surface area contributed by atoms with Gasteiger partial charge in [-0.15, -0.1) is 0 Å². The van der Waals surface area contributed by atoms with Gasteiger partial charge in [-0.1, -0.05) is 6.07 Å². The maximum absolute atomic E-state index is 12.3. The second kappa shape index (κ2) is 6.22. The number of pyridine rings is 1. The standard InChI is InChI=1S/C16H23N3O3/c1-22-14-5-2-4-12(18-14)10-19-9-6-13(20)16(11-19)7-3-8-17-15(16)21/h2,4-5,13,20H,3,6-11H2,1H3,(H,17,21)/t13-,16+/m0/s1. The van der Waals surface area contributed by atoms with E-state index in [0.717, 1.165) is 25.1 Å². The molecule has 6 nitrogen and oxygen atoms in total. The Bertz CT molecular complexity index is 551. The SMILES string of the molecule is COc1cccc(CN2CC[C@H](O)[C@@]3(CCCNC3=O)C2)n1. The van der Waals surface area contributed by atoms with Crippen LogP contribution in [0.5, 0.6) is 5.88 Å². The molecule has 2 N–H and O–H groups in total. The van der Waals surface area contributed by atoms with E-state index >= 15 is 0 Å². The smallest absolute Gasteiger partial charge is 0.230 e. The van der Waals surface area contributed by atoms with E-state index in [9.17, 15) is 9.90 Å². The molecule has 1 aromatic rings. The molecule has 0 radical (unpaired) electrons. The van der Waals surface area contributed by atoms with Crippen LogP contribution in [0.4, 0.5) is 0 Å². The van der Waals surface area contributed by atoms with Gasteiger partial charge in [0.2, 0.25) is 11.8 Å². The maximum Gasteiger partial charge on any atom is 0.230 e. The molecule has 0 aromatic carbocycles. The van der Waals surface area contributed by atoms with E-state index in [1.807, 2.05) is 18.2 Å². The van der Waals surface area contributed by atoms with Crippen molar-refractivity contribution in [2.45, 2.75) is 31.9 Å². The van der Waals surface area contributed by atoms with Crippen LogP contribution < -0.4 is 10.1 Å². The number of aliphatic hydroxyl groups is 1. The fourth-order valence-corrected chi connectivity index (χ4v) is 3.55. The van der Waals surface area contributed by atoms with E-state index in [0.29, 0.717) is 31.9 Å². The van der Waals surface area contributed by atoms with Crippen molar-refractivity contribution in [1.82, 2.24) is 15.2 Å². The molecule has 3 heterocycles. The van der Waals surface area contributed by atoms with Gasteiger partial charge in [0.1, 0.15) is 0 Å². The number of piperidine rings is 2. The lowest BCUT2D eigenvalue weighted by atomic mass is 9.71. The quantitative estimate of drug-likeness (QED) is 0.853. The normalized spacial score (nSPS) is 29.4. The van der Waals surface area contributed by atoms with Crippen LogP contribution in [-0.2, 0) is 11.3 Å². The van der Waals surface area contributed by atoms with Crippen molar-refractivity contribution in [2.75, 3.05) is 26.7 Å². The van der Waals surface area contributed by atoms with Crippen molar-refractivity contribution in [3.05, 3.63) is 23.9 Å². The Morgan fingerprint density at radius 2 is 2.41 bits per heavy atom. The number of hydrogen-bond acceptors (Lipinski definition) is 5. The summed E-state index contributed by atoms with van der Waals surface area (Å²) in [5, 5.41) is 13.3. The zero-order chi connectivity index (χ0) is 15.6. The van der Waals surface area contributed by atoms with Crippen LogP contribution in [0.2, 0.25) is 0 Å². The highest BCUT2D eigenvalue weighted by Gasteiger charge is 2.49. The minimum Gasteiger partial charge on any atom is -0.481 e. The third-order valence-electron chi connectivity index (χ3n) is 4.78. The average molecular weight is 305 g/mol. The molecule has 1 amide bonds. The number of amides is 1. The molecule has 2 saturated heterocycles. The molecule has 2 fully saturated rings. The first-order chi connectivity index (χ1) is 10.6. The van der Waals surface area contributed by atoms with Crippen LogP contribution in [-0.4, -0.2) is 53.7 Å². The number of rotatable bonds is 3. The molecular formula is C16H23N3O3. The Kier molecular flexibility index (Phi) is 4.31. The number of ether oxygens (including phenoxy) is 1. The highest BCUT2D eigenvalue weighted by Crippen LogP contribution is 2.37. The van der Waals surface area contributed by atoms with Gasteiger partial charge in [-0.05, 0) is 25.3 Å². The number of likely N-dealkylation sites (tertiary alicyclic amines) is 1. The van der Waals surface area contributed by atoms with Crippen molar-refractivity contribution in [3.63, 3.8) is 0 Å². The fourth-order valence-electron chi connectivity index (χ4n) is 3.55. The van der Waals surface area contributed by atoms with E-state index in [1.54, 1.807) is 7.11 Å². The van der Waals surface area contributed by atoms with Crippen molar-refractivity contribution in [2.24, 2.45) is 5.41 Å². The minimum absolute atomic E-state index is 0.00504. The molecule has 0 aliphatic carbocycles. The first-order valence-electron chi connectivity index (χ1n) is 7.83. The lowest BCUT2D eigenvalue weighted by Crippen LogP contribution is -2.61. The van der Waals surface area contributed by atoms with Crippen molar-refractivity contribution in [3.8, 4) is 5.88 Å². The third-order valence-corrected chi connectivity index (χ3v) is 4.78. The predicted molar refractivity (Wildman–Crippen MR) is 81.4 cm³/mol. The molecule has 3 rings (SSSR count). The van der Waals surface area contributed by atoms with Crippen molar-refractivity contribution < 1.29 is 14.6 Å². The number of carbonyl (C=O) groups is 1. The van der Waals surface area contributed by atoms with Crippen LogP contribution in [0.25, 0.3) is 0 Å². The summed E-state index contributed by atoms with van der Waals surface area (Å²) < 4.78 is 5.15. The molecule has 22 heavy (non-hydrogen) atoms. The molecule has 2 atom stereocenters. The molecule has 1 spiro atoms. The Balaban J connectivity index is 1.74. The number of nitrogens with zero attached hydrogens (tertiary/aromatic N) is 2. The van der Waals surface area contributed by atoms with Gasteiger partial charge in [-0.2, -0.15) is 0 Å². The number of aromatic nitrogens is 1. The second-order valence-corrected chi connectivity index (χ2v) is 6.20. The monoisotopic (exact) mass is 305 g/mol. The van der Waals surface area contributed by atoms with Gasteiger partial charge in [-0.3, -0.25) is 9.69 Å². The van der Waals surface area contributed by atoms with Crippen LogP contribution in [0, 0.1) is 5.41 Å². The maximum atomic E-state index is 12.3. The van der Waals surface area contributed by atoms with E-state index in [1.165, 1.54) is 0 Å². The molecule has 0 unspecified atom stereocenters. The van der Waals surface area contributed by atoms with E-state index in [-0.39, 0.29) is 5.91 Å². The molecule has 0 saturated carbocycles. The van der Waals surface area contributed by atoms with Gasteiger partial charge < -0.3 is 15.2 Å². The topological polar surface area (TPSA) is 74.7 Å². The molecule has 120 valence electrons. The lowest BCUT2D eigenvalue weighted by Gasteiger charge is -2.46. The molecule has 1 aromatic heterocycles. The number of methoxy groups -OCH3 is 1. The Morgan fingerprint density at radius 3 is 3.18 bits per heavy atom. The first kappa shape index (κ1) is 15.2. The summed E-state index contributed by atoms with van der Waals surface area (Å²) >= 11 is 0. The highest BCUT2D eigenvalue weighted by molar-refractivity contribution is 5.84. The summed E-state index contributed by atoms with van der Waals surface area (Å²) in [7, 11) is 1.60. The van der Waals surface area contributed by atoms with Crippen LogP contribution in [0.3, 0.4) is 0 Å². The molecule has 2 aliphatic rings. The summed E-state index contributed by atoms with van der Waals surface area (Å²) in [5.41, 5.74) is 0.261. The van der Waals surface area contributed by atoms with Crippen LogP contribution in [0.1, 0.15) is 25.0 Å². The van der Waals surface area contributed by atoms with Crippen LogP contribution in [0.15, 0.2) is 18.2 Å². The number of carbonyl (C=O) groups excluding carboxylic acids is 1. The fraction of sp³-hybridized carbons (Fsp3) is 0.625. The first-order valence-corrected chi connectivity index (χ1v) is 7.83. The third kappa shape index (κ3) is 2.80. The second-order valence-electron chi connectivity index (χ2n) is 6.20. The van der Waals surface area contributed by atoms with E-state index in [4.69, 9.17) is 4.74 Å². The summed E-state index contributed by atoms with van der Waals surface area (Å²) in [6.07, 6.45) is 1.75. The van der Waals surface area contributed by atoms with E-state index in [2.05, 4.69) is 15.2 Å². The Hall–Kier alpha value is -1.66. The zero-order valence-electron chi connectivity index (χ0n) is 12.9. The van der Waals surface area contributed by atoms with Crippen LogP contribution >= 0.6 is 0 Å². The Morgan fingerprint density at radius 1 is 1.55 bits per heavy atom. The summed E-state index contributed by atoms with van der Waals surface area (Å²) in [5.74, 6) is 0.592. The largest absolute Gasteiger partial charge is 0.481 e. The van der Waals surface area contributed by atoms with Crippen molar-refractivity contribution >= 4 is 5.91 Å². The van der Waals surface area contributed by atoms with Gasteiger partial charge >= 0.3 is 0 Å². The lowest BCUT2D eigenvalue weighted by molar-refractivity contribution is -0.149. The van der Waals surface area contributed by atoms with Gasteiger partial charge in [0.25, 0.3) is 0 Å². The summed E-state index contributed by atoms with van der Waals surface area (Å²) in [4.78, 5) is 19.0. The summed E-state index contributed by atoms with van der Waals surface area (Å²) in [6, 6.07) is 5.70. The van der Waals surface area contributed by atoms with Crippen molar-refractivity contribution in [1.29, 1.82) is 0 Å². The average Bonchev–Trinajstić information content (AvgIpc) is 2.54. The van der Waals surface area contributed by atoms with Gasteiger partial charge in [0.05, 0.1) is 24.3 Å². The molecule has 6 heteroatoms. The van der Waals surface area contributed by atoms with E-state index < -0.39 is 11.5 Å². The Labute approximate surface area is 130 Å². The number of nitrogens with one attached hydrogen (secondary N) is 1. The van der Waals surface area contributed by atoms with Gasteiger partial charge in [-0.25, -0.2) is 4.98 Å². The molecule has 2 aliphatic heterocycles. The minimum atomic E-state index is -0.657. The molecule has 0 bridgehead atoms. The number of hydrogen-bond donors (Lipinski definition) is 2. The summed E-state index contributed by atoms with van der Waals surface area (Å²) in [6.45, 7) is 2.73.